The number of allylic oxidation sites excluding steroid dienone is 2. The largest absolute Gasteiger partial charge is 0.495 e. The number of methoxy groups -OCH3 is 1. The fraction of sp³-hybridized carbons (Fsp3) is 0.458. The lowest BCUT2D eigenvalue weighted by Crippen LogP contribution is -2.59. The predicted octanol–water partition coefficient (Wildman–Crippen LogP) is 0.822. The van der Waals surface area contributed by atoms with E-state index in [9.17, 15) is 4.79 Å². The van der Waals surface area contributed by atoms with Crippen LogP contribution in [0.4, 0.5) is 5.69 Å². The summed E-state index contributed by atoms with van der Waals surface area (Å²) < 4.78 is 5.53. The molecule has 4 heterocycles. The number of Topliss-reactive ketones (excluding diaryl/α,β-unsaturated/α-hetero) is 1. The van der Waals surface area contributed by atoms with Crippen LogP contribution in [0, 0.1) is 0 Å². The number of carbonyl (C=O) groups excluding carboxylic acids is 1. The van der Waals surface area contributed by atoms with Crippen LogP contribution in [-0.2, 0) is 4.79 Å². The second-order valence-corrected chi connectivity index (χ2v) is 8.64. The van der Waals surface area contributed by atoms with Crippen LogP contribution >= 0.6 is 0 Å². The Morgan fingerprint density at radius 3 is 2.88 bits per heavy atom. The number of para-hydroxylation sites is 2. The Bertz CT molecular complexity index is 934. The number of carbonyl (C=O) groups is 1. The van der Waals surface area contributed by atoms with Crippen molar-refractivity contribution in [3.63, 3.8) is 0 Å². The molecule has 0 aromatic heterocycles. The number of ether oxygens (including phenoxy) is 1. The Labute approximate surface area is 189 Å². The van der Waals surface area contributed by atoms with Gasteiger partial charge in [0.05, 0.1) is 25.4 Å². The van der Waals surface area contributed by atoms with E-state index in [-0.39, 0.29) is 18.0 Å². The van der Waals surface area contributed by atoms with Crippen LogP contribution < -0.4 is 25.7 Å². The van der Waals surface area contributed by atoms with Crippen LogP contribution in [-0.4, -0.2) is 80.8 Å². The minimum Gasteiger partial charge on any atom is -0.495 e. The van der Waals surface area contributed by atoms with E-state index >= 15 is 0 Å². The molecule has 2 fully saturated rings. The van der Waals surface area contributed by atoms with E-state index in [4.69, 9.17) is 4.74 Å². The maximum atomic E-state index is 12.0. The molecule has 1 aromatic rings. The first kappa shape index (κ1) is 21.1. The molecule has 0 spiro atoms. The van der Waals surface area contributed by atoms with Gasteiger partial charge in [-0.15, -0.1) is 0 Å². The Hall–Kier alpha value is -2.81. The molecule has 8 heteroatoms. The third-order valence-electron chi connectivity index (χ3n) is 6.67. The summed E-state index contributed by atoms with van der Waals surface area (Å²) in [5.41, 5.74) is 7.15. The standard InChI is InChI=1S/C24H32N6O2/c1-32-22-7-3-2-6-21(22)29-13-11-28(12-14-29)10-9-27-30-17-18-15-19(31)16-26-23(18)20-5-4-8-25-24(20)30/h2-8,17,23-27H,9-16H2,1H3. The van der Waals surface area contributed by atoms with E-state index < -0.39 is 0 Å². The topological polar surface area (TPSA) is 72.1 Å². The van der Waals surface area contributed by atoms with Crippen LogP contribution in [0.25, 0.3) is 0 Å². The van der Waals surface area contributed by atoms with Gasteiger partial charge in [0.15, 0.2) is 5.78 Å². The summed E-state index contributed by atoms with van der Waals surface area (Å²) in [4.78, 5) is 16.9. The second-order valence-electron chi connectivity index (χ2n) is 8.64. The van der Waals surface area contributed by atoms with E-state index in [0.717, 1.165) is 50.6 Å². The molecule has 32 heavy (non-hydrogen) atoms. The number of dihydropyridines is 1. The normalized spacial score (nSPS) is 25.5. The molecule has 0 amide bonds. The van der Waals surface area contributed by atoms with Crippen LogP contribution in [0.15, 0.2) is 60.0 Å². The number of piperazine rings is 1. The number of hydrogen-bond acceptors (Lipinski definition) is 8. The van der Waals surface area contributed by atoms with E-state index in [1.807, 2.05) is 24.4 Å². The molecule has 170 valence electrons. The van der Waals surface area contributed by atoms with Gasteiger partial charge >= 0.3 is 0 Å². The molecule has 5 rings (SSSR count). The van der Waals surface area contributed by atoms with Crippen LogP contribution in [0.5, 0.6) is 5.75 Å². The third kappa shape index (κ3) is 4.26. The van der Waals surface area contributed by atoms with Crippen molar-refractivity contribution < 1.29 is 9.53 Å². The van der Waals surface area contributed by atoms with Crippen molar-refractivity contribution in [3.05, 3.63) is 60.0 Å². The second kappa shape index (κ2) is 9.36. The van der Waals surface area contributed by atoms with Crippen molar-refractivity contribution in [2.75, 3.05) is 57.8 Å². The van der Waals surface area contributed by atoms with Gasteiger partial charge in [-0.05, 0) is 35.6 Å². The van der Waals surface area contributed by atoms with Gasteiger partial charge in [0.25, 0.3) is 0 Å². The number of anilines is 1. The number of benzene rings is 1. The number of nitrogens with zero attached hydrogens (tertiary/aromatic N) is 3. The minimum absolute atomic E-state index is 0.0665. The van der Waals surface area contributed by atoms with Gasteiger partial charge in [-0.25, -0.2) is 5.43 Å². The molecule has 0 radical (unpaired) electrons. The van der Waals surface area contributed by atoms with Gasteiger partial charge in [-0.2, -0.15) is 0 Å². The first-order valence-electron chi connectivity index (χ1n) is 11.4. The minimum atomic E-state index is 0.0665. The Kier molecular flexibility index (Phi) is 6.16. The van der Waals surface area contributed by atoms with E-state index in [0.29, 0.717) is 13.0 Å². The van der Waals surface area contributed by atoms with Gasteiger partial charge in [0.1, 0.15) is 11.9 Å². The highest BCUT2D eigenvalue weighted by molar-refractivity contribution is 5.85. The molecule has 8 nitrogen and oxygen atoms in total. The summed E-state index contributed by atoms with van der Waals surface area (Å²) in [7, 11) is 1.73. The Morgan fingerprint density at radius 1 is 1.19 bits per heavy atom. The van der Waals surface area contributed by atoms with E-state index in [2.05, 4.69) is 55.3 Å². The quantitative estimate of drug-likeness (QED) is 0.606. The molecule has 2 atom stereocenters. The first-order chi connectivity index (χ1) is 15.7. The number of rotatable bonds is 6. The zero-order chi connectivity index (χ0) is 21.9. The molecular formula is C24H32N6O2. The van der Waals surface area contributed by atoms with Crippen LogP contribution in [0.3, 0.4) is 0 Å². The highest BCUT2D eigenvalue weighted by Crippen LogP contribution is 2.30. The average Bonchev–Trinajstić information content (AvgIpc) is 2.84. The van der Waals surface area contributed by atoms with Gasteiger partial charge in [0.2, 0.25) is 0 Å². The molecule has 2 unspecified atom stereocenters. The van der Waals surface area contributed by atoms with Crippen molar-refractivity contribution in [1.82, 2.24) is 26.0 Å². The summed E-state index contributed by atoms with van der Waals surface area (Å²) in [6.07, 6.45) is 8.88. The Morgan fingerprint density at radius 2 is 2.03 bits per heavy atom. The maximum Gasteiger partial charge on any atom is 0.150 e. The molecule has 1 aromatic carbocycles. The van der Waals surface area contributed by atoms with Crippen molar-refractivity contribution in [2.45, 2.75) is 18.6 Å². The summed E-state index contributed by atoms with van der Waals surface area (Å²) >= 11 is 0. The smallest absolute Gasteiger partial charge is 0.150 e. The fourth-order valence-electron chi connectivity index (χ4n) is 5.01. The van der Waals surface area contributed by atoms with Crippen molar-refractivity contribution in [3.8, 4) is 5.75 Å². The van der Waals surface area contributed by atoms with Crippen molar-refractivity contribution in [1.29, 1.82) is 0 Å². The molecule has 4 aliphatic heterocycles. The molecule has 0 bridgehead atoms. The lowest BCUT2D eigenvalue weighted by atomic mass is 9.86. The summed E-state index contributed by atoms with van der Waals surface area (Å²) in [6, 6.07) is 8.39. The molecule has 4 aliphatic rings. The SMILES string of the molecule is COc1ccccc1N1CCN(CCNN2C=C3CC(=O)CNC3C3=CC=CNC32)CC1. The highest BCUT2D eigenvalue weighted by atomic mass is 16.5. The zero-order valence-electron chi connectivity index (χ0n) is 18.6. The third-order valence-corrected chi connectivity index (χ3v) is 6.67. The van der Waals surface area contributed by atoms with Crippen molar-refractivity contribution >= 4 is 11.5 Å². The van der Waals surface area contributed by atoms with Gasteiger partial charge < -0.3 is 15.0 Å². The van der Waals surface area contributed by atoms with Gasteiger partial charge in [-0.1, -0.05) is 18.2 Å². The molecule has 0 aliphatic carbocycles. The first-order valence-corrected chi connectivity index (χ1v) is 11.4. The summed E-state index contributed by atoms with van der Waals surface area (Å²) in [5.74, 6) is 1.19. The lowest BCUT2D eigenvalue weighted by molar-refractivity contribution is -0.118. The summed E-state index contributed by atoms with van der Waals surface area (Å²) in [6.45, 7) is 6.30. The monoisotopic (exact) mass is 436 g/mol. The predicted molar refractivity (Wildman–Crippen MR) is 125 cm³/mol. The summed E-state index contributed by atoms with van der Waals surface area (Å²) in [5, 5.41) is 8.97. The zero-order valence-corrected chi connectivity index (χ0v) is 18.6. The number of hydrazine groups is 1. The van der Waals surface area contributed by atoms with Crippen LogP contribution in [0.2, 0.25) is 0 Å². The fourth-order valence-corrected chi connectivity index (χ4v) is 5.01. The average molecular weight is 437 g/mol. The lowest BCUT2D eigenvalue weighted by Gasteiger charge is -2.44. The molecule has 3 N–H and O–H groups in total. The number of ketones is 1. The molecular weight excluding hydrogens is 404 g/mol. The maximum absolute atomic E-state index is 12.0. The van der Waals surface area contributed by atoms with Crippen molar-refractivity contribution in [2.24, 2.45) is 0 Å². The number of piperidine rings is 1. The number of fused-ring (bicyclic) bond motifs is 3. The van der Waals surface area contributed by atoms with Gasteiger partial charge in [-0.3, -0.25) is 20.0 Å². The molecule has 2 saturated heterocycles. The van der Waals surface area contributed by atoms with E-state index in [1.165, 1.54) is 11.3 Å². The number of nitrogens with one attached hydrogen (secondary N) is 3. The number of hydrogen-bond donors (Lipinski definition) is 3. The highest BCUT2D eigenvalue weighted by Gasteiger charge is 2.37. The van der Waals surface area contributed by atoms with E-state index in [1.54, 1.807) is 7.11 Å². The molecule has 0 saturated carbocycles. The van der Waals surface area contributed by atoms with Crippen LogP contribution in [0.1, 0.15) is 6.42 Å². The Balaban J connectivity index is 1.15. The van der Waals surface area contributed by atoms with Gasteiger partial charge in [0, 0.05) is 51.9 Å².